The lowest BCUT2D eigenvalue weighted by Gasteiger charge is -2.21. The van der Waals surface area contributed by atoms with Crippen molar-refractivity contribution in [3.8, 4) is 0 Å². The van der Waals surface area contributed by atoms with Gasteiger partial charge in [-0.2, -0.15) is 0 Å². The number of hydrogen-bond acceptors (Lipinski definition) is 2. The van der Waals surface area contributed by atoms with Crippen LogP contribution in [0.4, 0.5) is 0 Å². The molecular formula is C14H17IN2O2. The SMILES string of the molecule is CC(=O)N1CCCN(C(=O)c2ccc(I)cc2)CC1. The molecule has 1 aliphatic heterocycles. The zero-order valence-corrected chi connectivity index (χ0v) is 13.1. The van der Waals surface area contributed by atoms with Crippen LogP contribution in [-0.2, 0) is 4.79 Å². The van der Waals surface area contributed by atoms with Gasteiger partial charge in [-0.1, -0.05) is 0 Å². The van der Waals surface area contributed by atoms with Crippen molar-refractivity contribution >= 4 is 34.4 Å². The van der Waals surface area contributed by atoms with Gasteiger partial charge < -0.3 is 9.80 Å². The maximum absolute atomic E-state index is 12.4. The third-order valence-corrected chi connectivity index (χ3v) is 4.04. The molecule has 0 saturated carbocycles. The number of hydrogen-bond donors (Lipinski definition) is 0. The number of amides is 2. The number of halogens is 1. The average molecular weight is 372 g/mol. The second kappa shape index (κ2) is 6.36. The van der Waals surface area contributed by atoms with Gasteiger partial charge >= 0.3 is 0 Å². The van der Waals surface area contributed by atoms with E-state index < -0.39 is 0 Å². The van der Waals surface area contributed by atoms with Crippen molar-refractivity contribution in [3.63, 3.8) is 0 Å². The van der Waals surface area contributed by atoms with Crippen LogP contribution in [0.15, 0.2) is 24.3 Å². The lowest BCUT2D eigenvalue weighted by atomic mass is 10.2. The molecule has 4 nitrogen and oxygen atoms in total. The van der Waals surface area contributed by atoms with Gasteiger partial charge in [-0.05, 0) is 53.3 Å². The number of carbonyl (C=O) groups is 2. The molecular weight excluding hydrogens is 355 g/mol. The first-order chi connectivity index (χ1) is 9.08. The van der Waals surface area contributed by atoms with Crippen molar-refractivity contribution in [2.24, 2.45) is 0 Å². The second-order valence-corrected chi connectivity index (χ2v) is 5.90. The Morgan fingerprint density at radius 1 is 1.00 bits per heavy atom. The standard InChI is InChI=1S/C14H17IN2O2/c1-11(18)16-7-2-8-17(10-9-16)14(19)12-3-5-13(15)6-4-12/h3-6H,2,7-10H2,1H3. The van der Waals surface area contributed by atoms with E-state index in [1.165, 1.54) is 0 Å². The maximum Gasteiger partial charge on any atom is 0.253 e. The van der Waals surface area contributed by atoms with Crippen molar-refractivity contribution in [1.82, 2.24) is 9.80 Å². The highest BCUT2D eigenvalue weighted by Gasteiger charge is 2.21. The van der Waals surface area contributed by atoms with Crippen LogP contribution < -0.4 is 0 Å². The molecule has 0 bridgehead atoms. The summed E-state index contributed by atoms with van der Waals surface area (Å²) >= 11 is 2.22. The Kier molecular flexibility index (Phi) is 4.79. The van der Waals surface area contributed by atoms with Crippen LogP contribution in [0.25, 0.3) is 0 Å². The molecule has 0 aromatic heterocycles. The minimum Gasteiger partial charge on any atom is -0.341 e. The minimum absolute atomic E-state index is 0.0572. The summed E-state index contributed by atoms with van der Waals surface area (Å²) in [5.41, 5.74) is 0.719. The third-order valence-electron chi connectivity index (χ3n) is 3.32. The first kappa shape index (κ1) is 14.3. The van der Waals surface area contributed by atoms with Crippen LogP contribution in [0, 0.1) is 3.57 Å². The van der Waals surface area contributed by atoms with Gasteiger partial charge in [-0.15, -0.1) is 0 Å². The van der Waals surface area contributed by atoms with Crippen LogP contribution in [-0.4, -0.2) is 47.8 Å². The van der Waals surface area contributed by atoms with Crippen molar-refractivity contribution < 1.29 is 9.59 Å². The van der Waals surface area contributed by atoms with Gasteiger partial charge in [0.1, 0.15) is 0 Å². The number of carbonyl (C=O) groups excluding carboxylic acids is 2. The summed E-state index contributed by atoms with van der Waals surface area (Å²) in [5.74, 6) is 0.144. The van der Waals surface area contributed by atoms with Crippen LogP contribution in [0.1, 0.15) is 23.7 Å². The molecule has 5 heteroatoms. The predicted octanol–water partition coefficient (Wildman–Crippen LogP) is 1.99. The summed E-state index contributed by atoms with van der Waals surface area (Å²) in [6, 6.07) is 7.59. The molecule has 0 radical (unpaired) electrons. The van der Waals surface area contributed by atoms with Crippen molar-refractivity contribution in [2.75, 3.05) is 26.2 Å². The molecule has 0 atom stereocenters. The van der Waals surface area contributed by atoms with Crippen molar-refractivity contribution in [3.05, 3.63) is 33.4 Å². The second-order valence-electron chi connectivity index (χ2n) is 4.66. The molecule has 1 aliphatic rings. The van der Waals surface area contributed by atoms with Gasteiger partial charge in [0.05, 0.1) is 0 Å². The molecule has 1 aromatic carbocycles. The van der Waals surface area contributed by atoms with E-state index in [1.54, 1.807) is 11.8 Å². The molecule has 102 valence electrons. The highest BCUT2D eigenvalue weighted by molar-refractivity contribution is 14.1. The molecule has 1 heterocycles. The van der Waals surface area contributed by atoms with Gasteiger partial charge in [0.2, 0.25) is 5.91 Å². The molecule has 19 heavy (non-hydrogen) atoms. The molecule has 2 rings (SSSR count). The van der Waals surface area contributed by atoms with E-state index in [4.69, 9.17) is 0 Å². The Bertz CT molecular complexity index is 473. The van der Waals surface area contributed by atoms with Crippen LogP contribution >= 0.6 is 22.6 Å². The van der Waals surface area contributed by atoms with E-state index in [-0.39, 0.29) is 11.8 Å². The van der Waals surface area contributed by atoms with Crippen LogP contribution in [0.3, 0.4) is 0 Å². The highest BCUT2D eigenvalue weighted by Crippen LogP contribution is 2.11. The summed E-state index contributed by atoms with van der Waals surface area (Å²) in [5, 5.41) is 0. The van der Waals surface area contributed by atoms with Gasteiger partial charge in [0.25, 0.3) is 5.91 Å². The molecule has 1 aromatic rings. The van der Waals surface area contributed by atoms with Gasteiger partial charge in [-0.25, -0.2) is 0 Å². The minimum atomic E-state index is 0.0572. The topological polar surface area (TPSA) is 40.6 Å². The van der Waals surface area contributed by atoms with E-state index in [2.05, 4.69) is 22.6 Å². The van der Waals surface area contributed by atoms with Gasteiger partial charge in [0.15, 0.2) is 0 Å². The zero-order chi connectivity index (χ0) is 13.8. The number of rotatable bonds is 1. The molecule has 0 aliphatic carbocycles. The van der Waals surface area contributed by atoms with Gasteiger partial charge in [0, 0.05) is 42.2 Å². The normalized spacial score (nSPS) is 16.1. The maximum atomic E-state index is 12.4. The van der Waals surface area contributed by atoms with E-state index in [0.717, 1.165) is 22.1 Å². The van der Waals surface area contributed by atoms with E-state index in [1.807, 2.05) is 29.2 Å². The van der Waals surface area contributed by atoms with Crippen molar-refractivity contribution in [2.45, 2.75) is 13.3 Å². The highest BCUT2D eigenvalue weighted by atomic mass is 127. The Balaban J connectivity index is 2.03. The first-order valence-electron chi connectivity index (χ1n) is 6.38. The predicted molar refractivity (Wildman–Crippen MR) is 81.9 cm³/mol. The molecule has 1 saturated heterocycles. The fraction of sp³-hybridized carbons (Fsp3) is 0.429. The largest absolute Gasteiger partial charge is 0.341 e. The first-order valence-corrected chi connectivity index (χ1v) is 7.46. The van der Waals surface area contributed by atoms with E-state index in [9.17, 15) is 9.59 Å². The van der Waals surface area contributed by atoms with E-state index in [0.29, 0.717) is 19.6 Å². The lowest BCUT2D eigenvalue weighted by molar-refractivity contribution is -0.128. The summed E-state index contributed by atoms with van der Waals surface area (Å²) in [6.07, 6.45) is 0.843. The number of nitrogens with zero attached hydrogens (tertiary/aromatic N) is 2. The van der Waals surface area contributed by atoms with Crippen molar-refractivity contribution in [1.29, 1.82) is 0 Å². The summed E-state index contributed by atoms with van der Waals surface area (Å²) in [6.45, 7) is 4.28. The van der Waals surface area contributed by atoms with E-state index >= 15 is 0 Å². The fourth-order valence-electron chi connectivity index (χ4n) is 2.21. The molecule has 2 amide bonds. The monoisotopic (exact) mass is 372 g/mol. The summed E-state index contributed by atoms with van der Waals surface area (Å²) < 4.78 is 1.12. The smallest absolute Gasteiger partial charge is 0.253 e. The lowest BCUT2D eigenvalue weighted by Crippen LogP contribution is -2.36. The zero-order valence-electron chi connectivity index (χ0n) is 10.9. The van der Waals surface area contributed by atoms with Crippen LogP contribution in [0.2, 0.25) is 0 Å². The Labute approximate surface area is 126 Å². The molecule has 0 N–H and O–H groups in total. The summed E-state index contributed by atoms with van der Waals surface area (Å²) in [4.78, 5) is 27.4. The third kappa shape index (κ3) is 3.68. The fourth-order valence-corrected chi connectivity index (χ4v) is 2.57. The Morgan fingerprint density at radius 3 is 2.21 bits per heavy atom. The summed E-state index contributed by atoms with van der Waals surface area (Å²) in [7, 11) is 0. The quantitative estimate of drug-likeness (QED) is 0.708. The Morgan fingerprint density at radius 2 is 1.58 bits per heavy atom. The average Bonchev–Trinajstić information content (AvgIpc) is 2.64. The number of benzene rings is 1. The van der Waals surface area contributed by atoms with Gasteiger partial charge in [-0.3, -0.25) is 9.59 Å². The molecule has 0 spiro atoms. The van der Waals surface area contributed by atoms with Crippen LogP contribution in [0.5, 0.6) is 0 Å². The molecule has 0 unspecified atom stereocenters. The molecule has 1 fully saturated rings. The Hall–Kier alpha value is -1.11.